The molecule has 0 aliphatic rings. The molecule has 8 N–H and O–H groups in total. The lowest BCUT2D eigenvalue weighted by Crippen LogP contribution is -2.42. The summed E-state index contributed by atoms with van der Waals surface area (Å²) in [5.74, 6) is -0.0567. The molecule has 4 aromatic rings. The molecule has 1 unspecified atom stereocenters. The van der Waals surface area contributed by atoms with E-state index < -0.39 is 6.04 Å². The van der Waals surface area contributed by atoms with Gasteiger partial charge in [0.15, 0.2) is 0 Å². The highest BCUT2D eigenvalue weighted by atomic mass is 16.2. The van der Waals surface area contributed by atoms with Gasteiger partial charge in [0, 0.05) is 53.3 Å². The van der Waals surface area contributed by atoms with Crippen LogP contribution in [0.1, 0.15) is 75.3 Å². The number of unbranched alkanes of at least 4 members (excludes halogenated alkanes) is 9. The molecule has 222 valence electrons. The summed E-state index contributed by atoms with van der Waals surface area (Å²) in [5, 5.41) is 8.98. The maximum Gasteiger partial charge on any atom is 0.237 e. The average Bonchev–Trinajstić information content (AvgIpc) is 3.59. The molecule has 0 radical (unpaired) electrons. The van der Waals surface area contributed by atoms with E-state index in [1.165, 1.54) is 67.8 Å². The topological polar surface area (TPSA) is 125 Å². The molecule has 41 heavy (non-hydrogen) atoms. The highest BCUT2D eigenvalue weighted by Crippen LogP contribution is 2.20. The van der Waals surface area contributed by atoms with E-state index in [1.54, 1.807) is 0 Å². The molecule has 0 saturated carbocycles. The van der Waals surface area contributed by atoms with E-state index >= 15 is 0 Å². The summed E-state index contributed by atoms with van der Waals surface area (Å²) in [6, 6.07) is 16.2. The van der Waals surface area contributed by atoms with Gasteiger partial charge in [0.25, 0.3) is 0 Å². The minimum absolute atomic E-state index is 0.0567. The third-order valence-corrected chi connectivity index (χ3v) is 8.09. The average molecular weight is 559 g/mol. The van der Waals surface area contributed by atoms with Crippen molar-refractivity contribution in [3.63, 3.8) is 0 Å². The van der Waals surface area contributed by atoms with Crippen molar-refractivity contribution in [1.82, 2.24) is 20.6 Å². The molecule has 0 saturated heterocycles. The Morgan fingerprint density at radius 2 is 1.15 bits per heavy atom. The molecule has 7 nitrogen and oxygen atoms in total. The van der Waals surface area contributed by atoms with Crippen LogP contribution in [-0.2, 0) is 17.6 Å². The molecular formula is C34H50N6O. The first-order valence-electron chi connectivity index (χ1n) is 15.7. The van der Waals surface area contributed by atoms with E-state index in [4.69, 9.17) is 11.5 Å². The second-order valence-electron chi connectivity index (χ2n) is 11.5. The molecule has 0 fully saturated rings. The molecule has 0 aliphatic heterocycles. The number of H-pyrrole nitrogens is 2. The second kappa shape index (κ2) is 17.0. The number of amides is 1. The Morgan fingerprint density at radius 1 is 0.659 bits per heavy atom. The normalized spacial score (nSPS) is 13.1. The molecule has 2 aromatic carbocycles. The number of benzene rings is 2. The van der Waals surface area contributed by atoms with Gasteiger partial charge in [0.1, 0.15) is 0 Å². The van der Waals surface area contributed by atoms with Crippen LogP contribution < -0.4 is 22.1 Å². The molecule has 0 bridgehead atoms. The molecule has 7 heteroatoms. The molecule has 1 amide bonds. The third kappa shape index (κ3) is 10.0. The number of carbonyl (C=O) groups excluding carboxylic acids is 1. The molecule has 0 spiro atoms. The number of aromatic amines is 2. The second-order valence-corrected chi connectivity index (χ2v) is 11.5. The molecular weight excluding hydrogens is 508 g/mol. The summed E-state index contributed by atoms with van der Waals surface area (Å²) in [6.07, 6.45) is 18.0. The van der Waals surface area contributed by atoms with E-state index in [0.717, 1.165) is 48.8 Å². The van der Waals surface area contributed by atoms with Crippen LogP contribution in [0.3, 0.4) is 0 Å². The van der Waals surface area contributed by atoms with Gasteiger partial charge >= 0.3 is 0 Å². The Balaban J connectivity index is 0.911. The van der Waals surface area contributed by atoms with Crippen molar-refractivity contribution < 1.29 is 4.79 Å². The maximum atomic E-state index is 12.4. The number of carbonyl (C=O) groups is 1. The van der Waals surface area contributed by atoms with Gasteiger partial charge in [-0.3, -0.25) is 4.79 Å². The first-order chi connectivity index (χ1) is 20.1. The number of rotatable bonds is 20. The van der Waals surface area contributed by atoms with Crippen LogP contribution >= 0.6 is 0 Å². The predicted molar refractivity (Wildman–Crippen MR) is 172 cm³/mol. The lowest BCUT2D eigenvalue weighted by Gasteiger charge is -2.12. The number of nitrogens with one attached hydrogen (secondary N) is 4. The van der Waals surface area contributed by atoms with E-state index in [1.807, 2.05) is 24.4 Å². The summed E-state index contributed by atoms with van der Waals surface area (Å²) in [6.45, 7) is 2.62. The fourth-order valence-electron chi connectivity index (χ4n) is 5.70. The van der Waals surface area contributed by atoms with Crippen molar-refractivity contribution in [2.75, 3.05) is 19.6 Å². The highest BCUT2D eigenvalue weighted by Gasteiger charge is 2.15. The number of nitrogens with two attached hydrogens (primary N) is 2. The fourth-order valence-corrected chi connectivity index (χ4v) is 5.70. The quantitative estimate of drug-likeness (QED) is 0.0779. The van der Waals surface area contributed by atoms with Crippen LogP contribution in [0, 0.1) is 0 Å². The largest absolute Gasteiger partial charge is 0.361 e. The Hall–Kier alpha value is -3.13. The fraction of sp³-hybridized carbons (Fsp3) is 0.500. The number of aromatic nitrogens is 2. The number of fused-ring (bicyclic) bond motifs is 2. The van der Waals surface area contributed by atoms with Crippen LogP contribution in [0.2, 0.25) is 0 Å². The zero-order valence-electron chi connectivity index (χ0n) is 24.6. The van der Waals surface area contributed by atoms with Gasteiger partial charge in [-0.05, 0) is 55.5 Å². The van der Waals surface area contributed by atoms with Crippen molar-refractivity contribution in [1.29, 1.82) is 0 Å². The zero-order valence-corrected chi connectivity index (χ0v) is 24.6. The molecule has 2 aromatic heterocycles. The zero-order chi connectivity index (χ0) is 28.7. The van der Waals surface area contributed by atoms with Gasteiger partial charge in [-0.2, -0.15) is 0 Å². The van der Waals surface area contributed by atoms with Gasteiger partial charge in [0.2, 0.25) is 5.91 Å². The Kier molecular flexibility index (Phi) is 12.8. The SMILES string of the molecule is NC(Cc1c[nH]c2ccccc12)C(=O)NCCCCCCCCCCCCNC[C@H](N)Cc1c[nH]c2ccccc12. The standard InChI is InChI=1S/C34H50N6O/c35-28(21-26-23-39-32-17-11-9-15-29(26)32)25-37-19-13-7-5-3-1-2-4-6-8-14-20-38-34(41)31(36)22-27-24-40-33-18-12-10-16-30(27)33/h9-12,15-18,23-24,28,31,37,39-40H,1-8,13-14,19-22,25,35-36H2,(H,38,41)/t28-,31?/m1/s1. The first kappa shape index (κ1) is 30.8. The Bertz CT molecular complexity index is 1310. The lowest BCUT2D eigenvalue weighted by atomic mass is 10.0. The van der Waals surface area contributed by atoms with Gasteiger partial charge < -0.3 is 32.1 Å². The van der Waals surface area contributed by atoms with Crippen molar-refractivity contribution >= 4 is 27.7 Å². The van der Waals surface area contributed by atoms with Crippen LogP contribution in [0.15, 0.2) is 60.9 Å². The van der Waals surface area contributed by atoms with Crippen LogP contribution in [0.25, 0.3) is 21.8 Å². The Labute approximate surface area is 245 Å². The molecule has 0 aliphatic carbocycles. The summed E-state index contributed by atoms with van der Waals surface area (Å²) < 4.78 is 0. The number of para-hydroxylation sites is 2. The molecule has 2 heterocycles. The van der Waals surface area contributed by atoms with Gasteiger partial charge in [0.05, 0.1) is 6.04 Å². The minimum atomic E-state index is -0.515. The summed E-state index contributed by atoms with van der Waals surface area (Å²) in [7, 11) is 0. The van der Waals surface area contributed by atoms with Crippen molar-refractivity contribution in [3.8, 4) is 0 Å². The summed E-state index contributed by atoms with van der Waals surface area (Å²) in [5.41, 5.74) is 17.2. The summed E-state index contributed by atoms with van der Waals surface area (Å²) in [4.78, 5) is 19.0. The number of hydrogen-bond acceptors (Lipinski definition) is 4. The lowest BCUT2D eigenvalue weighted by molar-refractivity contribution is -0.122. The van der Waals surface area contributed by atoms with Crippen LogP contribution in [0.4, 0.5) is 0 Å². The van der Waals surface area contributed by atoms with Crippen molar-refractivity contribution in [2.45, 2.75) is 89.1 Å². The Morgan fingerprint density at radius 3 is 1.73 bits per heavy atom. The van der Waals surface area contributed by atoms with E-state index in [-0.39, 0.29) is 11.9 Å². The molecule has 2 atom stereocenters. The van der Waals surface area contributed by atoms with E-state index in [0.29, 0.717) is 13.0 Å². The van der Waals surface area contributed by atoms with Gasteiger partial charge in [-0.1, -0.05) is 87.8 Å². The maximum absolute atomic E-state index is 12.4. The van der Waals surface area contributed by atoms with Crippen LogP contribution in [-0.4, -0.2) is 47.6 Å². The number of hydrogen-bond donors (Lipinski definition) is 6. The van der Waals surface area contributed by atoms with Crippen LogP contribution in [0.5, 0.6) is 0 Å². The summed E-state index contributed by atoms with van der Waals surface area (Å²) >= 11 is 0. The van der Waals surface area contributed by atoms with E-state index in [2.05, 4.69) is 57.1 Å². The highest BCUT2D eigenvalue weighted by molar-refractivity contribution is 5.86. The molecule has 4 rings (SSSR count). The van der Waals surface area contributed by atoms with Crippen molar-refractivity contribution in [3.05, 3.63) is 72.1 Å². The smallest absolute Gasteiger partial charge is 0.237 e. The van der Waals surface area contributed by atoms with Gasteiger partial charge in [-0.15, -0.1) is 0 Å². The monoisotopic (exact) mass is 558 g/mol. The predicted octanol–water partition coefficient (Wildman–Crippen LogP) is 5.70. The third-order valence-electron chi connectivity index (χ3n) is 8.09. The first-order valence-corrected chi connectivity index (χ1v) is 15.7. The van der Waals surface area contributed by atoms with E-state index in [9.17, 15) is 4.79 Å². The van der Waals surface area contributed by atoms with Gasteiger partial charge in [-0.25, -0.2) is 0 Å². The minimum Gasteiger partial charge on any atom is -0.361 e. The van der Waals surface area contributed by atoms with Crippen molar-refractivity contribution in [2.24, 2.45) is 11.5 Å².